The van der Waals surface area contributed by atoms with Gasteiger partial charge >= 0.3 is 0 Å². The molecule has 1 heterocycles. The van der Waals surface area contributed by atoms with Gasteiger partial charge in [0.25, 0.3) is 5.91 Å². The smallest absolute Gasteiger partial charge is 0.263 e. The van der Waals surface area contributed by atoms with E-state index < -0.39 is 0 Å². The lowest BCUT2D eigenvalue weighted by atomic mass is 9.89. The Kier molecular flexibility index (Phi) is 4.69. The normalized spacial score (nSPS) is 16.3. The highest BCUT2D eigenvalue weighted by atomic mass is 32.1. The van der Waals surface area contributed by atoms with E-state index in [9.17, 15) is 4.79 Å². The highest BCUT2D eigenvalue weighted by Gasteiger charge is 2.19. The number of nitrogens with two attached hydrogens (primary N) is 1. The molecule has 0 spiro atoms. The van der Waals surface area contributed by atoms with Crippen LogP contribution in [0.4, 0.5) is 10.7 Å². The van der Waals surface area contributed by atoms with Gasteiger partial charge in [-0.2, -0.15) is 0 Å². The van der Waals surface area contributed by atoms with Crippen molar-refractivity contribution in [1.29, 1.82) is 0 Å². The van der Waals surface area contributed by atoms with Gasteiger partial charge in [0.2, 0.25) is 0 Å². The Hall–Kier alpha value is -1.23. The summed E-state index contributed by atoms with van der Waals surface area (Å²) in [4.78, 5) is 14.5. The number of hydrogen-bond acceptors (Lipinski definition) is 4. The van der Waals surface area contributed by atoms with Gasteiger partial charge in [0, 0.05) is 20.6 Å². The van der Waals surface area contributed by atoms with Crippen molar-refractivity contribution in [2.75, 3.05) is 31.3 Å². The maximum absolute atomic E-state index is 11.7. The Labute approximate surface area is 119 Å². The predicted molar refractivity (Wildman–Crippen MR) is 82.0 cm³/mol. The maximum atomic E-state index is 11.7. The second-order valence-corrected chi connectivity index (χ2v) is 6.36. The van der Waals surface area contributed by atoms with Gasteiger partial charge in [0.1, 0.15) is 4.88 Å². The summed E-state index contributed by atoms with van der Waals surface area (Å²) in [5.41, 5.74) is 6.49. The van der Waals surface area contributed by atoms with Gasteiger partial charge in [-0.05, 0) is 24.8 Å². The zero-order chi connectivity index (χ0) is 13.8. The molecule has 4 nitrogen and oxygen atoms in total. The third kappa shape index (κ3) is 3.41. The van der Waals surface area contributed by atoms with Crippen LogP contribution in [-0.2, 0) is 0 Å². The molecular weight excluding hydrogens is 258 g/mol. The van der Waals surface area contributed by atoms with Crippen LogP contribution in [0.25, 0.3) is 0 Å². The first kappa shape index (κ1) is 14.2. The summed E-state index contributed by atoms with van der Waals surface area (Å²) in [7, 11) is 3.72. The molecular formula is C14H23N3OS. The minimum Gasteiger partial charge on any atom is -0.397 e. The number of amides is 1. The summed E-state index contributed by atoms with van der Waals surface area (Å²) < 4.78 is 0. The van der Waals surface area contributed by atoms with Gasteiger partial charge in [-0.15, -0.1) is 11.3 Å². The number of anilines is 2. The molecule has 0 saturated heterocycles. The van der Waals surface area contributed by atoms with Crippen molar-refractivity contribution in [3.8, 4) is 0 Å². The quantitative estimate of drug-likeness (QED) is 0.892. The number of rotatable bonds is 4. The van der Waals surface area contributed by atoms with Crippen LogP contribution in [0, 0.1) is 5.92 Å². The first-order chi connectivity index (χ1) is 9.11. The zero-order valence-corrected chi connectivity index (χ0v) is 12.6. The lowest BCUT2D eigenvalue weighted by Gasteiger charge is -2.27. The first-order valence-corrected chi connectivity index (χ1v) is 7.76. The Morgan fingerprint density at radius 1 is 1.47 bits per heavy atom. The van der Waals surface area contributed by atoms with Crippen molar-refractivity contribution in [3.05, 3.63) is 10.9 Å². The van der Waals surface area contributed by atoms with Crippen LogP contribution in [0.5, 0.6) is 0 Å². The minimum atomic E-state index is -0.0974. The van der Waals surface area contributed by atoms with E-state index in [-0.39, 0.29) is 5.91 Å². The van der Waals surface area contributed by atoms with E-state index in [1.54, 1.807) is 7.05 Å². The lowest BCUT2D eigenvalue weighted by Crippen LogP contribution is -2.26. The zero-order valence-electron chi connectivity index (χ0n) is 11.7. The summed E-state index contributed by atoms with van der Waals surface area (Å²) in [5, 5.41) is 3.71. The average molecular weight is 281 g/mol. The third-order valence-corrected chi connectivity index (χ3v) is 5.08. The van der Waals surface area contributed by atoms with Crippen LogP contribution >= 0.6 is 11.3 Å². The van der Waals surface area contributed by atoms with Gasteiger partial charge in [-0.1, -0.05) is 19.3 Å². The average Bonchev–Trinajstić information content (AvgIpc) is 2.81. The second kappa shape index (κ2) is 6.28. The molecule has 0 atom stereocenters. The Bertz CT molecular complexity index is 438. The van der Waals surface area contributed by atoms with Gasteiger partial charge in [0.15, 0.2) is 0 Å². The van der Waals surface area contributed by atoms with Crippen LogP contribution in [-0.4, -0.2) is 26.5 Å². The van der Waals surface area contributed by atoms with E-state index in [1.165, 1.54) is 43.4 Å². The molecule has 1 aromatic heterocycles. The third-order valence-electron chi connectivity index (χ3n) is 3.81. The summed E-state index contributed by atoms with van der Waals surface area (Å²) in [6.07, 6.45) is 6.75. The molecule has 5 heteroatoms. The molecule has 0 aromatic carbocycles. The highest BCUT2D eigenvalue weighted by molar-refractivity contribution is 7.18. The fourth-order valence-electron chi connectivity index (χ4n) is 2.72. The molecule has 1 amide bonds. The van der Waals surface area contributed by atoms with E-state index in [0.29, 0.717) is 10.6 Å². The molecule has 1 aromatic rings. The molecule has 0 bridgehead atoms. The molecule has 1 aliphatic rings. The summed E-state index contributed by atoms with van der Waals surface area (Å²) in [5.74, 6) is 0.686. The molecule has 1 aliphatic carbocycles. The van der Waals surface area contributed by atoms with Gasteiger partial charge in [-0.25, -0.2) is 0 Å². The number of nitrogen functional groups attached to an aromatic ring is 1. The van der Waals surface area contributed by atoms with Gasteiger partial charge < -0.3 is 16.0 Å². The number of nitrogens with zero attached hydrogens (tertiary/aromatic N) is 1. The van der Waals surface area contributed by atoms with Crippen LogP contribution < -0.4 is 16.0 Å². The first-order valence-electron chi connectivity index (χ1n) is 6.94. The fraction of sp³-hybridized carbons (Fsp3) is 0.643. The second-order valence-electron chi connectivity index (χ2n) is 5.33. The number of thiophene rings is 1. The van der Waals surface area contributed by atoms with Crippen molar-refractivity contribution in [2.24, 2.45) is 5.92 Å². The van der Waals surface area contributed by atoms with Crippen molar-refractivity contribution in [2.45, 2.75) is 32.1 Å². The van der Waals surface area contributed by atoms with E-state index in [2.05, 4.69) is 17.3 Å². The number of carbonyl (C=O) groups excluding carboxylic acids is 1. The van der Waals surface area contributed by atoms with Crippen LogP contribution in [0.1, 0.15) is 41.8 Å². The highest BCUT2D eigenvalue weighted by Crippen LogP contribution is 2.33. The van der Waals surface area contributed by atoms with E-state index in [4.69, 9.17) is 5.73 Å². The summed E-state index contributed by atoms with van der Waals surface area (Å²) >= 11 is 1.48. The largest absolute Gasteiger partial charge is 0.397 e. The number of carbonyl (C=O) groups is 1. The molecule has 0 aliphatic heterocycles. The molecule has 0 unspecified atom stereocenters. The molecule has 1 fully saturated rings. The molecule has 1 saturated carbocycles. The molecule has 3 N–H and O–H groups in total. The summed E-state index contributed by atoms with van der Waals surface area (Å²) in [6, 6.07) is 1.91. The number of nitrogens with one attached hydrogen (secondary N) is 1. The van der Waals surface area contributed by atoms with Crippen molar-refractivity contribution in [3.63, 3.8) is 0 Å². The molecule has 106 valence electrons. The van der Waals surface area contributed by atoms with Gasteiger partial charge in [-0.3, -0.25) is 4.79 Å². The SMILES string of the molecule is CNC(=O)c1sc(N(C)CC2CCCCC2)cc1N. The monoisotopic (exact) mass is 281 g/mol. The van der Waals surface area contributed by atoms with Gasteiger partial charge in [0.05, 0.1) is 10.7 Å². The number of hydrogen-bond donors (Lipinski definition) is 2. The topological polar surface area (TPSA) is 58.4 Å². The van der Waals surface area contributed by atoms with Crippen LogP contribution in [0.3, 0.4) is 0 Å². The van der Waals surface area contributed by atoms with E-state index >= 15 is 0 Å². The predicted octanol–water partition coefficient (Wildman–Crippen LogP) is 2.71. The van der Waals surface area contributed by atoms with Crippen molar-refractivity contribution < 1.29 is 4.79 Å². The maximum Gasteiger partial charge on any atom is 0.263 e. The molecule has 0 radical (unpaired) electrons. The Morgan fingerprint density at radius 3 is 2.79 bits per heavy atom. The Morgan fingerprint density at radius 2 is 2.16 bits per heavy atom. The van der Waals surface area contributed by atoms with Crippen LogP contribution in [0.15, 0.2) is 6.07 Å². The van der Waals surface area contributed by atoms with E-state index in [0.717, 1.165) is 17.5 Å². The standard InChI is InChI=1S/C14H23N3OS/c1-16-14(18)13-11(15)8-12(19-13)17(2)9-10-6-4-3-5-7-10/h8,10H,3-7,9,15H2,1-2H3,(H,16,18). The van der Waals surface area contributed by atoms with Crippen LogP contribution in [0.2, 0.25) is 0 Å². The fourth-order valence-corrected chi connectivity index (χ4v) is 3.71. The van der Waals surface area contributed by atoms with Crippen molar-refractivity contribution >= 4 is 27.9 Å². The lowest BCUT2D eigenvalue weighted by molar-refractivity contribution is 0.0968. The summed E-state index contributed by atoms with van der Waals surface area (Å²) in [6.45, 7) is 1.06. The Balaban J connectivity index is 2.02. The minimum absolute atomic E-state index is 0.0974. The van der Waals surface area contributed by atoms with Crippen molar-refractivity contribution in [1.82, 2.24) is 5.32 Å². The van der Waals surface area contributed by atoms with E-state index in [1.807, 2.05) is 6.07 Å². The molecule has 19 heavy (non-hydrogen) atoms. The molecule has 2 rings (SSSR count).